The monoisotopic (exact) mass is 203 g/mol. The maximum atomic E-state index is 4.14. The molecule has 0 radical (unpaired) electrons. The van der Waals surface area contributed by atoms with Gasteiger partial charge >= 0.3 is 0 Å². The first-order valence-corrected chi connectivity index (χ1v) is 4.79. The minimum atomic E-state index is 0.179. The van der Waals surface area contributed by atoms with E-state index in [1.54, 1.807) is 12.5 Å². The van der Waals surface area contributed by atoms with Crippen molar-refractivity contribution in [1.82, 2.24) is 20.2 Å². The Labute approximate surface area is 88.0 Å². The molecular weight excluding hydrogens is 190 g/mol. The Kier molecular flexibility index (Phi) is 2.62. The van der Waals surface area contributed by atoms with Gasteiger partial charge in [-0.2, -0.15) is 5.10 Å². The molecule has 1 unspecified atom stereocenters. The lowest BCUT2D eigenvalue weighted by atomic mass is 10.2. The highest BCUT2D eigenvalue weighted by atomic mass is 15.1. The Morgan fingerprint density at radius 3 is 2.93 bits per heavy atom. The predicted molar refractivity (Wildman–Crippen MR) is 57.4 cm³/mol. The van der Waals surface area contributed by atoms with Gasteiger partial charge in [-0.1, -0.05) is 0 Å². The molecule has 0 aliphatic carbocycles. The first-order chi connectivity index (χ1) is 7.25. The van der Waals surface area contributed by atoms with Crippen LogP contribution in [0.15, 0.2) is 24.8 Å². The molecule has 2 aromatic heterocycles. The minimum Gasteiger partial charge on any atom is -0.363 e. The van der Waals surface area contributed by atoms with Gasteiger partial charge in [0.05, 0.1) is 12.2 Å². The molecule has 15 heavy (non-hydrogen) atoms. The molecule has 0 aromatic carbocycles. The first-order valence-electron chi connectivity index (χ1n) is 4.79. The third-order valence-corrected chi connectivity index (χ3v) is 2.19. The van der Waals surface area contributed by atoms with Crippen LogP contribution in [-0.4, -0.2) is 20.2 Å². The lowest BCUT2D eigenvalue weighted by Crippen LogP contribution is -2.07. The molecule has 0 fully saturated rings. The average molecular weight is 203 g/mol. The lowest BCUT2D eigenvalue weighted by Gasteiger charge is -2.12. The van der Waals surface area contributed by atoms with Crippen molar-refractivity contribution in [2.45, 2.75) is 19.9 Å². The highest BCUT2D eigenvalue weighted by Crippen LogP contribution is 2.15. The van der Waals surface area contributed by atoms with Crippen LogP contribution < -0.4 is 5.32 Å². The largest absolute Gasteiger partial charge is 0.363 e. The van der Waals surface area contributed by atoms with Crippen LogP contribution in [0.1, 0.15) is 24.2 Å². The summed E-state index contributed by atoms with van der Waals surface area (Å²) in [7, 11) is 0. The van der Waals surface area contributed by atoms with Gasteiger partial charge in [0, 0.05) is 23.5 Å². The highest BCUT2D eigenvalue weighted by Gasteiger charge is 2.06. The molecular formula is C10H13N5. The molecule has 1 atom stereocenters. The number of hydrogen-bond donors (Lipinski definition) is 2. The van der Waals surface area contributed by atoms with Gasteiger partial charge < -0.3 is 5.32 Å². The molecule has 2 aromatic rings. The van der Waals surface area contributed by atoms with E-state index in [0.29, 0.717) is 0 Å². The Bertz CT molecular complexity index is 423. The Balaban J connectivity index is 2.09. The third kappa shape index (κ3) is 2.31. The zero-order chi connectivity index (χ0) is 10.7. The van der Waals surface area contributed by atoms with Crippen molar-refractivity contribution in [3.8, 4) is 0 Å². The van der Waals surface area contributed by atoms with E-state index in [1.807, 2.05) is 19.2 Å². The fraction of sp³-hybridized carbons (Fsp3) is 0.300. The van der Waals surface area contributed by atoms with E-state index in [2.05, 4.69) is 32.4 Å². The van der Waals surface area contributed by atoms with Gasteiger partial charge in [-0.15, -0.1) is 0 Å². The van der Waals surface area contributed by atoms with Crippen molar-refractivity contribution in [2.24, 2.45) is 0 Å². The van der Waals surface area contributed by atoms with E-state index in [0.717, 1.165) is 17.1 Å². The molecule has 0 bridgehead atoms. The van der Waals surface area contributed by atoms with Crippen molar-refractivity contribution in [3.05, 3.63) is 36.0 Å². The van der Waals surface area contributed by atoms with E-state index < -0.39 is 0 Å². The molecule has 0 spiro atoms. The van der Waals surface area contributed by atoms with Crippen LogP contribution in [0, 0.1) is 6.92 Å². The normalized spacial score (nSPS) is 12.4. The van der Waals surface area contributed by atoms with Crippen LogP contribution in [0.2, 0.25) is 0 Å². The fourth-order valence-electron chi connectivity index (χ4n) is 1.34. The SMILES string of the molecule is Cc1cc(NC(C)c2cn[nH]c2)ncn1. The highest BCUT2D eigenvalue weighted by molar-refractivity contribution is 5.37. The van der Waals surface area contributed by atoms with Gasteiger partial charge in [-0.25, -0.2) is 9.97 Å². The summed E-state index contributed by atoms with van der Waals surface area (Å²) in [4.78, 5) is 8.18. The minimum absolute atomic E-state index is 0.179. The predicted octanol–water partition coefficient (Wildman–Crippen LogP) is 1.68. The van der Waals surface area contributed by atoms with Gasteiger partial charge in [0.25, 0.3) is 0 Å². The summed E-state index contributed by atoms with van der Waals surface area (Å²) < 4.78 is 0. The van der Waals surface area contributed by atoms with Gasteiger partial charge in [-0.3, -0.25) is 5.10 Å². The quantitative estimate of drug-likeness (QED) is 0.796. The van der Waals surface area contributed by atoms with E-state index in [-0.39, 0.29) is 6.04 Å². The number of aromatic nitrogens is 4. The van der Waals surface area contributed by atoms with E-state index in [1.165, 1.54) is 0 Å². The summed E-state index contributed by atoms with van der Waals surface area (Å²) in [6, 6.07) is 2.09. The van der Waals surface area contributed by atoms with Crippen LogP contribution in [0.25, 0.3) is 0 Å². The Morgan fingerprint density at radius 2 is 2.27 bits per heavy atom. The summed E-state index contributed by atoms with van der Waals surface area (Å²) in [6.45, 7) is 4.00. The summed E-state index contributed by atoms with van der Waals surface area (Å²) in [6.07, 6.45) is 5.22. The maximum Gasteiger partial charge on any atom is 0.130 e. The summed E-state index contributed by atoms with van der Waals surface area (Å²) in [5, 5.41) is 9.96. The van der Waals surface area contributed by atoms with Crippen molar-refractivity contribution >= 4 is 5.82 Å². The summed E-state index contributed by atoms with van der Waals surface area (Å²) >= 11 is 0. The number of anilines is 1. The van der Waals surface area contributed by atoms with Gasteiger partial charge in [0.15, 0.2) is 0 Å². The molecule has 0 amide bonds. The maximum absolute atomic E-state index is 4.14. The fourth-order valence-corrected chi connectivity index (χ4v) is 1.34. The van der Waals surface area contributed by atoms with Crippen molar-refractivity contribution in [2.75, 3.05) is 5.32 Å². The molecule has 0 saturated heterocycles. The number of hydrogen-bond acceptors (Lipinski definition) is 4. The van der Waals surface area contributed by atoms with Gasteiger partial charge in [0.1, 0.15) is 12.1 Å². The molecule has 5 heteroatoms. The van der Waals surface area contributed by atoms with E-state index >= 15 is 0 Å². The smallest absolute Gasteiger partial charge is 0.130 e. The first kappa shape index (κ1) is 9.64. The summed E-state index contributed by atoms with van der Waals surface area (Å²) in [5.41, 5.74) is 2.05. The average Bonchev–Trinajstić information content (AvgIpc) is 2.70. The van der Waals surface area contributed by atoms with Crippen LogP contribution in [0.5, 0.6) is 0 Å². The van der Waals surface area contributed by atoms with E-state index in [4.69, 9.17) is 0 Å². The molecule has 0 aliphatic heterocycles. The van der Waals surface area contributed by atoms with Crippen LogP contribution in [0.4, 0.5) is 5.82 Å². The number of aromatic amines is 1. The van der Waals surface area contributed by atoms with Crippen LogP contribution >= 0.6 is 0 Å². The molecule has 0 aliphatic rings. The lowest BCUT2D eigenvalue weighted by molar-refractivity contribution is 0.871. The van der Waals surface area contributed by atoms with Crippen molar-refractivity contribution in [3.63, 3.8) is 0 Å². The summed E-state index contributed by atoms with van der Waals surface area (Å²) in [5.74, 6) is 0.830. The molecule has 0 saturated carbocycles. The molecule has 2 rings (SSSR count). The third-order valence-electron chi connectivity index (χ3n) is 2.19. The number of rotatable bonds is 3. The topological polar surface area (TPSA) is 66.5 Å². The van der Waals surface area contributed by atoms with Crippen LogP contribution in [-0.2, 0) is 0 Å². The van der Waals surface area contributed by atoms with Gasteiger partial charge in [-0.05, 0) is 13.8 Å². The van der Waals surface area contributed by atoms with Crippen molar-refractivity contribution in [1.29, 1.82) is 0 Å². The second-order valence-corrected chi connectivity index (χ2v) is 3.44. The molecule has 78 valence electrons. The zero-order valence-electron chi connectivity index (χ0n) is 8.73. The number of H-pyrrole nitrogens is 1. The molecule has 2 N–H and O–H groups in total. The standard InChI is InChI=1S/C10H13N5/c1-7-3-10(12-6-11-7)15-8(2)9-4-13-14-5-9/h3-6,8H,1-2H3,(H,13,14)(H,11,12,15). The zero-order valence-corrected chi connectivity index (χ0v) is 8.73. The van der Waals surface area contributed by atoms with E-state index in [9.17, 15) is 0 Å². The number of nitrogens with one attached hydrogen (secondary N) is 2. The Morgan fingerprint density at radius 1 is 1.40 bits per heavy atom. The second kappa shape index (κ2) is 4.08. The number of nitrogens with zero attached hydrogens (tertiary/aromatic N) is 3. The molecule has 2 heterocycles. The van der Waals surface area contributed by atoms with Crippen molar-refractivity contribution < 1.29 is 0 Å². The van der Waals surface area contributed by atoms with Gasteiger partial charge in [0.2, 0.25) is 0 Å². The van der Waals surface area contributed by atoms with Crippen LogP contribution in [0.3, 0.4) is 0 Å². The molecule has 5 nitrogen and oxygen atoms in total. The Hall–Kier alpha value is -1.91. The second-order valence-electron chi connectivity index (χ2n) is 3.44. The number of aryl methyl sites for hydroxylation is 1.